The molecular weight excluding hydrogens is 248 g/mol. The lowest BCUT2D eigenvalue weighted by Crippen LogP contribution is -2.42. The second kappa shape index (κ2) is 6.75. The molecule has 0 fully saturated rings. The molecule has 0 radical (unpaired) electrons. The summed E-state index contributed by atoms with van der Waals surface area (Å²) in [7, 11) is 0. The van der Waals surface area contributed by atoms with Crippen molar-refractivity contribution in [1.82, 2.24) is 5.32 Å². The molecule has 6 nitrogen and oxygen atoms in total. The van der Waals surface area contributed by atoms with Crippen molar-refractivity contribution in [2.75, 3.05) is 0 Å². The quantitative estimate of drug-likeness (QED) is 0.742. The molecule has 1 aromatic rings. The van der Waals surface area contributed by atoms with Crippen LogP contribution in [0.2, 0.25) is 0 Å². The fourth-order valence-corrected chi connectivity index (χ4v) is 1.55. The molecule has 3 amide bonds. The Morgan fingerprint density at radius 2 is 2.05 bits per heavy atom. The van der Waals surface area contributed by atoms with Crippen molar-refractivity contribution >= 4 is 11.9 Å². The second-order valence-electron chi connectivity index (χ2n) is 4.08. The largest absolute Gasteiger partial charge is 0.481 e. The van der Waals surface area contributed by atoms with Gasteiger partial charge in [-0.1, -0.05) is 25.1 Å². The third kappa shape index (κ3) is 4.26. The van der Waals surface area contributed by atoms with Crippen molar-refractivity contribution in [3.63, 3.8) is 0 Å². The van der Waals surface area contributed by atoms with Gasteiger partial charge in [-0.2, -0.15) is 0 Å². The number of primary amides is 1. The number of hydrogen-bond acceptors (Lipinski definition) is 4. The minimum atomic E-state index is -0.928. The lowest BCUT2D eigenvalue weighted by molar-refractivity contribution is -0.126. The van der Waals surface area contributed by atoms with Crippen LogP contribution in [0, 0.1) is 0 Å². The molecule has 0 saturated carbocycles. The summed E-state index contributed by atoms with van der Waals surface area (Å²) in [4.78, 5) is 22.1. The van der Waals surface area contributed by atoms with Crippen LogP contribution in [-0.4, -0.2) is 23.1 Å². The molecule has 104 valence electrons. The predicted molar refractivity (Wildman–Crippen MR) is 69.5 cm³/mol. The molecular formula is C13H18N2O4. The van der Waals surface area contributed by atoms with Gasteiger partial charge in [0.2, 0.25) is 0 Å². The smallest absolute Gasteiger partial charge is 0.318 e. The van der Waals surface area contributed by atoms with Gasteiger partial charge in [0.05, 0.1) is 6.10 Å². The van der Waals surface area contributed by atoms with E-state index in [2.05, 4.69) is 0 Å². The van der Waals surface area contributed by atoms with Crippen LogP contribution in [0.1, 0.15) is 31.9 Å². The van der Waals surface area contributed by atoms with Gasteiger partial charge in [-0.15, -0.1) is 0 Å². The Morgan fingerprint density at radius 3 is 2.63 bits per heavy atom. The van der Waals surface area contributed by atoms with E-state index in [4.69, 9.17) is 10.5 Å². The molecule has 0 spiro atoms. The molecule has 0 bridgehead atoms. The van der Waals surface area contributed by atoms with Crippen molar-refractivity contribution in [3.05, 3.63) is 29.8 Å². The summed E-state index contributed by atoms with van der Waals surface area (Å²) < 4.78 is 5.45. The second-order valence-corrected chi connectivity index (χ2v) is 4.08. The highest BCUT2D eigenvalue weighted by Crippen LogP contribution is 2.27. The Labute approximate surface area is 111 Å². The van der Waals surface area contributed by atoms with E-state index in [0.717, 1.165) is 0 Å². The SMILES string of the molecule is CC[C@@H](O)c1ccccc1OC(C)C(=O)NC(N)=O. The van der Waals surface area contributed by atoms with E-state index in [9.17, 15) is 14.7 Å². The number of urea groups is 1. The number of nitrogens with two attached hydrogens (primary N) is 1. The van der Waals surface area contributed by atoms with Crippen LogP contribution in [0.25, 0.3) is 0 Å². The van der Waals surface area contributed by atoms with E-state index < -0.39 is 24.1 Å². The van der Waals surface area contributed by atoms with Crippen molar-refractivity contribution < 1.29 is 19.4 Å². The number of nitrogens with one attached hydrogen (secondary N) is 1. The van der Waals surface area contributed by atoms with Crippen LogP contribution in [0.15, 0.2) is 24.3 Å². The molecule has 0 aliphatic carbocycles. The fraction of sp³-hybridized carbons (Fsp3) is 0.385. The summed E-state index contributed by atoms with van der Waals surface area (Å²) in [5.74, 6) is -0.225. The van der Waals surface area contributed by atoms with Crippen LogP contribution in [0.3, 0.4) is 0 Å². The normalized spacial score (nSPS) is 13.4. The molecule has 4 N–H and O–H groups in total. The first-order valence-electron chi connectivity index (χ1n) is 5.99. The van der Waals surface area contributed by atoms with Gasteiger partial charge in [-0.05, 0) is 19.4 Å². The van der Waals surface area contributed by atoms with E-state index in [1.54, 1.807) is 24.3 Å². The summed E-state index contributed by atoms with van der Waals surface area (Å²) in [6.45, 7) is 3.33. The zero-order chi connectivity index (χ0) is 14.4. The lowest BCUT2D eigenvalue weighted by atomic mass is 10.1. The van der Waals surface area contributed by atoms with Gasteiger partial charge < -0.3 is 15.6 Å². The van der Waals surface area contributed by atoms with E-state index in [1.807, 2.05) is 12.2 Å². The molecule has 1 unspecified atom stereocenters. The van der Waals surface area contributed by atoms with Gasteiger partial charge in [-0.25, -0.2) is 4.79 Å². The van der Waals surface area contributed by atoms with E-state index >= 15 is 0 Å². The Balaban J connectivity index is 2.81. The van der Waals surface area contributed by atoms with Crippen molar-refractivity contribution in [2.45, 2.75) is 32.5 Å². The number of ether oxygens (including phenoxy) is 1. The molecule has 0 aromatic heterocycles. The highest BCUT2D eigenvalue weighted by atomic mass is 16.5. The maximum Gasteiger partial charge on any atom is 0.318 e. The number of aliphatic hydroxyl groups excluding tert-OH is 1. The maximum atomic E-state index is 11.5. The molecule has 0 aliphatic rings. The molecule has 19 heavy (non-hydrogen) atoms. The number of hydrogen-bond donors (Lipinski definition) is 3. The van der Waals surface area contributed by atoms with Crippen LogP contribution in [0.4, 0.5) is 4.79 Å². The van der Waals surface area contributed by atoms with Crippen molar-refractivity contribution in [3.8, 4) is 5.75 Å². The molecule has 0 aliphatic heterocycles. The number of carbonyl (C=O) groups excluding carboxylic acids is 2. The van der Waals surface area contributed by atoms with Crippen LogP contribution >= 0.6 is 0 Å². The number of para-hydroxylation sites is 1. The molecule has 6 heteroatoms. The Bertz CT molecular complexity index is 462. The van der Waals surface area contributed by atoms with Gasteiger partial charge in [0, 0.05) is 5.56 Å². The molecule has 0 saturated heterocycles. The Hall–Kier alpha value is -2.08. The van der Waals surface area contributed by atoms with Crippen molar-refractivity contribution in [1.29, 1.82) is 0 Å². The standard InChI is InChI=1S/C13H18N2O4/c1-3-10(16)9-6-4-5-7-11(9)19-8(2)12(17)15-13(14)18/h4-8,10,16H,3H2,1-2H3,(H3,14,15,17,18)/t8?,10-/m1/s1. The topological polar surface area (TPSA) is 102 Å². The summed E-state index contributed by atoms with van der Waals surface area (Å²) >= 11 is 0. The summed E-state index contributed by atoms with van der Waals surface area (Å²) in [6, 6.07) is 5.96. The minimum Gasteiger partial charge on any atom is -0.481 e. The predicted octanol–water partition coefficient (Wildman–Crippen LogP) is 1.09. The maximum absolute atomic E-state index is 11.5. The van der Waals surface area contributed by atoms with Gasteiger partial charge in [-0.3, -0.25) is 10.1 Å². The third-order valence-corrected chi connectivity index (χ3v) is 2.58. The van der Waals surface area contributed by atoms with Crippen molar-refractivity contribution in [2.24, 2.45) is 5.73 Å². The van der Waals surface area contributed by atoms with Crippen LogP contribution in [0.5, 0.6) is 5.75 Å². The van der Waals surface area contributed by atoms with Crippen LogP contribution < -0.4 is 15.8 Å². The molecule has 1 rings (SSSR count). The van der Waals surface area contributed by atoms with Crippen LogP contribution in [-0.2, 0) is 4.79 Å². The Morgan fingerprint density at radius 1 is 1.42 bits per heavy atom. The van der Waals surface area contributed by atoms with Gasteiger partial charge in [0.1, 0.15) is 5.75 Å². The number of imide groups is 1. The average molecular weight is 266 g/mol. The zero-order valence-electron chi connectivity index (χ0n) is 10.9. The Kier molecular flexibility index (Phi) is 5.32. The highest BCUT2D eigenvalue weighted by Gasteiger charge is 2.19. The number of amides is 3. The molecule has 2 atom stereocenters. The van der Waals surface area contributed by atoms with Gasteiger partial charge in [0.15, 0.2) is 6.10 Å². The van der Waals surface area contributed by atoms with E-state index in [-0.39, 0.29) is 0 Å². The van der Waals surface area contributed by atoms with Gasteiger partial charge in [0.25, 0.3) is 5.91 Å². The summed E-state index contributed by atoms with van der Waals surface area (Å²) in [6.07, 6.45) is -1.03. The number of aliphatic hydroxyl groups is 1. The number of carbonyl (C=O) groups is 2. The van der Waals surface area contributed by atoms with Gasteiger partial charge >= 0.3 is 6.03 Å². The highest BCUT2D eigenvalue weighted by molar-refractivity contribution is 5.95. The van der Waals surface area contributed by atoms with E-state index in [0.29, 0.717) is 17.7 Å². The zero-order valence-corrected chi connectivity index (χ0v) is 10.9. The lowest BCUT2D eigenvalue weighted by Gasteiger charge is -2.18. The summed E-state index contributed by atoms with van der Waals surface area (Å²) in [5, 5.41) is 11.8. The number of rotatable bonds is 5. The van der Waals surface area contributed by atoms with E-state index in [1.165, 1.54) is 6.92 Å². The molecule has 0 heterocycles. The number of benzene rings is 1. The first-order valence-corrected chi connectivity index (χ1v) is 5.99. The fourth-order valence-electron chi connectivity index (χ4n) is 1.55. The first kappa shape index (κ1) is 15.0. The minimum absolute atomic E-state index is 0.406. The first-order chi connectivity index (χ1) is 8.95. The summed E-state index contributed by atoms with van der Waals surface area (Å²) in [5.41, 5.74) is 5.46. The monoisotopic (exact) mass is 266 g/mol. The molecule has 1 aromatic carbocycles. The average Bonchev–Trinajstić information content (AvgIpc) is 2.37. The third-order valence-electron chi connectivity index (χ3n) is 2.58.